The Morgan fingerprint density at radius 3 is 2.39 bits per heavy atom. The number of thiophene rings is 1. The van der Waals surface area contributed by atoms with E-state index in [2.05, 4.69) is 15.4 Å². The van der Waals surface area contributed by atoms with Crippen LogP contribution in [-0.2, 0) is 4.74 Å². The molecule has 0 aliphatic carbocycles. The zero-order valence-electron chi connectivity index (χ0n) is 12.1. The Labute approximate surface area is 135 Å². The molecule has 0 bridgehead atoms. The lowest BCUT2D eigenvalue weighted by Crippen LogP contribution is -2.25. The number of urea groups is 1. The van der Waals surface area contributed by atoms with Gasteiger partial charge in [-0.05, 0) is 23.8 Å². The van der Waals surface area contributed by atoms with Gasteiger partial charge >= 0.3 is 18.1 Å². The number of hydrogen-bond donors (Lipinski definition) is 4. The highest BCUT2D eigenvalue weighted by Crippen LogP contribution is 2.36. The Bertz CT molecular complexity index is 755. The van der Waals surface area contributed by atoms with Gasteiger partial charge in [0.2, 0.25) is 0 Å². The molecule has 0 aliphatic heterocycles. The molecule has 8 nitrogen and oxygen atoms in total. The molecule has 9 heteroatoms. The number of nitrogens with one attached hydrogen (secondary N) is 2. The van der Waals surface area contributed by atoms with Crippen molar-refractivity contribution in [3.05, 3.63) is 35.9 Å². The van der Waals surface area contributed by atoms with Crippen LogP contribution in [-0.4, -0.2) is 25.1 Å². The molecule has 0 fully saturated rings. The Morgan fingerprint density at radius 2 is 1.83 bits per heavy atom. The summed E-state index contributed by atoms with van der Waals surface area (Å²) in [6, 6.07) is 7.96. The van der Waals surface area contributed by atoms with Gasteiger partial charge in [-0.15, -0.1) is 11.3 Å². The quantitative estimate of drug-likeness (QED) is 0.386. The second-order valence-electron chi connectivity index (χ2n) is 4.39. The van der Waals surface area contributed by atoms with Crippen LogP contribution >= 0.6 is 11.3 Å². The van der Waals surface area contributed by atoms with Crippen molar-refractivity contribution in [2.75, 3.05) is 18.1 Å². The van der Waals surface area contributed by atoms with Crippen molar-refractivity contribution in [3.8, 4) is 10.4 Å². The van der Waals surface area contributed by atoms with Crippen molar-refractivity contribution in [1.29, 1.82) is 0 Å². The van der Waals surface area contributed by atoms with Gasteiger partial charge in [0.15, 0.2) is 0 Å². The van der Waals surface area contributed by atoms with Gasteiger partial charge in [-0.1, -0.05) is 12.1 Å². The third-order valence-corrected chi connectivity index (χ3v) is 3.89. The second-order valence-corrected chi connectivity index (χ2v) is 5.44. The van der Waals surface area contributed by atoms with Gasteiger partial charge in [-0.3, -0.25) is 5.32 Å². The van der Waals surface area contributed by atoms with Crippen molar-refractivity contribution < 1.29 is 19.1 Å². The third-order valence-electron chi connectivity index (χ3n) is 2.79. The molecule has 23 heavy (non-hydrogen) atoms. The van der Waals surface area contributed by atoms with Gasteiger partial charge < -0.3 is 21.5 Å². The first-order valence-electron chi connectivity index (χ1n) is 6.40. The highest BCUT2D eigenvalue weighted by atomic mass is 32.1. The minimum absolute atomic E-state index is 0.0317. The number of carbonyl (C=O) groups excluding carboxylic acids is 3. The van der Waals surface area contributed by atoms with Gasteiger partial charge in [0, 0.05) is 17.6 Å². The van der Waals surface area contributed by atoms with E-state index in [-0.39, 0.29) is 10.6 Å². The second kappa shape index (κ2) is 6.79. The average Bonchev–Trinajstić information content (AvgIpc) is 2.91. The van der Waals surface area contributed by atoms with E-state index >= 15 is 0 Å². The summed E-state index contributed by atoms with van der Waals surface area (Å²) in [4.78, 5) is 34.9. The minimum Gasteiger partial charge on any atom is -0.399 e. The monoisotopic (exact) mass is 334 g/mol. The van der Waals surface area contributed by atoms with Gasteiger partial charge in [0.25, 0.3) is 0 Å². The zero-order valence-corrected chi connectivity index (χ0v) is 12.9. The number of nitrogen functional groups attached to an aromatic ring is 1. The van der Waals surface area contributed by atoms with Crippen molar-refractivity contribution >= 4 is 40.1 Å². The number of ether oxygens (including phenoxy) is 1. The standard InChI is InChI=1S/C14H14N4O4S/c1-17-14(21)18-11-9(12(19)22-13(16)20)6-10(23-11)7-2-4-8(15)5-3-7/h2-6H,15H2,1H3,(H2,16,20)(H2,17,18,21). The van der Waals surface area contributed by atoms with Crippen LogP contribution in [0.1, 0.15) is 10.4 Å². The van der Waals surface area contributed by atoms with Crippen LogP contribution in [0.4, 0.5) is 20.3 Å². The molecule has 0 atom stereocenters. The predicted molar refractivity (Wildman–Crippen MR) is 87.2 cm³/mol. The van der Waals surface area contributed by atoms with E-state index < -0.39 is 18.1 Å². The summed E-state index contributed by atoms with van der Waals surface area (Å²) in [5.74, 6) is -0.943. The molecule has 2 rings (SSSR count). The molecule has 1 aromatic heterocycles. The smallest absolute Gasteiger partial charge is 0.399 e. The Balaban J connectivity index is 2.41. The normalized spacial score (nSPS) is 9.96. The maximum absolute atomic E-state index is 11.9. The van der Waals surface area contributed by atoms with E-state index in [1.165, 1.54) is 13.1 Å². The molecule has 3 amide bonds. The topological polar surface area (TPSA) is 137 Å². The SMILES string of the molecule is CNC(=O)Nc1sc(-c2ccc(N)cc2)cc1C(=O)OC(N)=O. The van der Waals surface area contributed by atoms with Gasteiger partial charge in [0.05, 0.1) is 5.56 Å². The molecular formula is C14H14N4O4S. The molecule has 1 heterocycles. The number of benzene rings is 1. The fraction of sp³-hybridized carbons (Fsp3) is 0.0714. The molecule has 2 aromatic rings. The van der Waals surface area contributed by atoms with Crippen molar-refractivity contribution in [2.24, 2.45) is 5.73 Å². The molecule has 0 spiro atoms. The van der Waals surface area contributed by atoms with Crippen LogP contribution in [0, 0.1) is 0 Å². The van der Waals surface area contributed by atoms with E-state index in [9.17, 15) is 14.4 Å². The first kappa shape index (κ1) is 16.3. The fourth-order valence-electron chi connectivity index (χ4n) is 1.74. The van der Waals surface area contributed by atoms with Crippen LogP contribution in [0.25, 0.3) is 10.4 Å². The van der Waals surface area contributed by atoms with Crippen molar-refractivity contribution in [2.45, 2.75) is 0 Å². The Kier molecular flexibility index (Phi) is 4.82. The maximum Gasteiger partial charge on any atom is 0.412 e. The summed E-state index contributed by atoms with van der Waals surface area (Å²) in [5, 5.41) is 5.12. The lowest BCUT2D eigenvalue weighted by atomic mass is 10.1. The Hall–Kier alpha value is -3.07. The summed E-state index contributed by atoms with van der Waals surface area (Å²) >= 11 is 1.15. The largest absolute Gasteiger partial charge is 0.412 e. The molecule has 0 saturated carbocycles. The molecule has 0 unspecified atom stereocenters. The van der Waals surface area contributed by atoms with E-state index in [1.807, 2.05) is 0 Å². The maximum atomic E-state index is 11.9. The number of carbonyl (C=O) groups is 3. The molecule has 120 valence electrons. The number of rotatable bonds is 3. The van der Waals surface area contributed by atoms with Crippen molar-refractivity contribution in [3.63, 3.8) is 0 Å². The van der Waals surface area contributed by atoms with Crippen LogP contribution in [0.5, 0.6) is 0 Å². The first-order valence-corrected chi connectivity index (χ1v) is 7.22. The number of primary amides is 1. The zero-order chi connectivity index (χ0) is 17.0. The predicted octanol–water partition coefficient (Wildman–Crippen LogP) is 1.98. The molecular weight excluding hydrogens is 320 g/mol. The van der Waals surface area contributed by atoms with E-state index in [0.29, 0.717) is 10.6 Å². The minimum atomic E-state index is -1.22. The number of anilines is 2. The molecule has 6 N–H and O–H groups in total. The lowest BCUT2D eigenvalue weighted by molar-refractivity contribution is 0.0640. The summed E-state index contributed by atoms with van der Waals surface area (Å²) in [7, 11) is 1.44. The summed E-state index contributed by atoms with van der Waals surface area (Å²) in [5.41, 5.74) is 11.9. The molecule has 1 aromatic carbocycles. The Morgan fingerprint density at radius 1 is 1.17 bits per heavy atom. The highest BCUT2D eigenvalue weighted by molar-refractivity contribution is 7.20. The fourth-order valence-corrected chi connectivity index (χ4v) is 2.78. The number of esters is 1. The van der Waals surface area contributed by atoms with Gasteiger partial charge in [-0.25, -0.2) is 14.4 Å². The molecule has 0 radical (unpaired) electrons. The highest BCUT2D eigenvalue weighted by Gasteiger charge is 2.21. The summed E-state index contributed by atoms with van der Waals surface area (Å²) < 4.78 is 4.38. The molecule has 0 saturated heterocycles. The number of amides is 3. The van der Waals surface area contributed by atoms with Crippen LogP contribution in [0.3, 0.4) is 0 Å². The molecule has 0 aliphatic rings. The summed E-state index contributed by atoms with van der Waals surface area (Å²) in [6.45, 7) is 0. The van der Waals surface area contributed by atoms with Crippen LogP contribution in [0.15, 0.2) is 30.3 Å². The van der Waals surface area contributed by atoms with Crippen LogP contribution < -0.4 is 22.1 Å². The third kappa shape index (κ3) is 3.98. The van der Waals surface area contributed by atoms with Gasteiger partial charge in [-0.2, -0.15) is 0 Å². The van der Waals surface area contributed by atoms with E-state index in [0.717, 1.165) is 16.9 Å². The van der Waals surface area contributed by atoms with E-state index in [1.54, 1.807) is 24.3 Å². The van der Waals surface area contributed by atoms with Gasteiger partial charge in [0.1, 0.15) is 5.00 Å². The van der Waals surface area contributed by atoms with Crippen LogP contribution in [0.2, 0.25) is 0 Å². The summed E-state index contributed by atoms with van der Waals surface area (Å²) in [6.07, 6.45) is -1.22. The number of hydrogen-bond acceptors (Lipinski definition) is 6. The van der Waals surface area contributed by atoms with Crippen molar-refractivity contribution in [1.82, 2.24) is 5.32 Å². The first-order chi connectivity index (χ1) is 10.9. The lowest BCUT2D eigenvalue weighted by Gasteiger charge is -2.03. The van der Waals surface area contributed by atoms with E-state index in [4.69, 9.17) is 11.5 Å². The average molecular weight is 334 g/mol. The number of nitrogens with two attached hydrogens (primary N) is 2.